The number of nitrogens with zero attached hydrogens (tertiary/aromatic N) is 4. The standard InChI is InChI=1S/C53H70N10O11S/c1-32(2)48(61-45(65)13-5-4-8-24-63-46(66)26-33(3)52(63)69)43(64)28-36(11-9-23-56-53(54)70)51(68)59-38-18-14-34(15-19-38)16-21-47(67)74-44-29-39(27-37(44)30-73-75(55,71)72)62-25-22-41-49(57-31-58-50(41)62)60-42-20-17-35-10-6-7-12-40(35)42/h6-7,10,12,14-15,18-19,22,25,31-33,36-37,39,42,44,48H,4-5,8-9,11,13,16-17,20-21,23-24,26-30H2,1-3H3,(H,59,68)(H,61,65)(H3,54,56,70)(H2,55,71,72)(H,57,58,60)/t33?,36-,37-,39+,42-,44-,48+/m0/s1. The number of Topliss-reactive ketones (excluding diaryl/α,β-unsaturated/α-hetero) is 1. The van der Waals surface area contributed by atoms with E-state index in [1.807, 2.05) is 29.0 Å². The molecule has 1 saturated heterocycles. The van der Waals surface area contributed by atoms with Crippen LogP contribution in [0.3, 0.4) is 0 Å². The molecule has 8 N–H and O–H groups in total. The highest BCUT2D eigenvalue weighted by molar-refractivity contribution is 7.84. The average Bonchev–Trinajstić information content (AvgIpc) is 4.15. The first kappa shape index (κ1) is 56.0. The Bertz CT molecular complexity index is 2820. The number of nitrogens with one attached hydrogen (secondary N) is 4. The number of fused-ring (bicyclic) bond motifs is 2. The van der Waals surface area contributed by atoms with Crippen LogP contribution < -0.4 is 32.1 Å². The molecule has 3 aliphatic rings. The van der Waals surface area contributed by atoms with Crippen molar-refractivity contribution in [2.24, 2.45) is 34.5 Å². The van der Waals surface area contributed by atoms with Gasteiger partial charge in [0.15, 0.2) is 5.78 Å². The summed E-state index contributed by atoms with van der Waals surface area (Å²) in [5, 5.41) is 17.9. The number of nitrogens with two attached hydrogens (primary N) is 2. The van der Waals surface area contributed by atoms with Gasteiger partial charge in [-0.15, -0.1) is 0 Å². The molecule has 2 aromatic heterocycles. The molecule has 404 valence electrons. The van der Waals surface area contributed by atoms with Crippen molar-refractivity contribution in [3.63, 3.8) is 0 Å². The second kappa shape index (κ2) is 25.6. The average molecular weight is 1060 g/mol. The van der Waals surface area contributed by atoms with Crippen LogP contribution in [0.15, 0.2) is 67.1 Å². The third kappa shape index (κ3) is 15.4. The van der Waals surface area contributed by atoms with Gasteiger partial charge in [0.1, 0.15) is 23.9 Å². The lowest BCUT2D eigenvalue weighted by Gasteiger charge is -2.24. The van der Waals surface area contributed by atoms with Gasteiger partial charge in [-0.2, -0.15) is 8.42 Å². The number of unbranched alkanes of at least 4 members (excludes halogenated alkanes) is 2. The molecule has 7 rings (SSSR count). The first-order valence-electron chi connectivity index (χ1n) is 25.9. The maximum Gasteiger partial charge on any atom is 0.333 e. The van der Waals surface area contributed by atoms with Crippen molar-refractivity contribution in [3.8, 4) is 0 Å². The highest BCUT2D eigenvalue weighted by Crippen LogP contribution is 2.41. The van der Waals surface area contributed by atoms with Crippen LogP contribution >= 0.6 is 0 Å². The van der Waals surface area contributed by atoms with Crippen LogP contribution in [0.2, 0.25) is 0 Å². The van der Waals surface area contributed by atoms with Crippen molar-refractivity contribution in [1.82, 2.24) is 30.1 Å². The van der Waals surface area contributed by atoms with Crippen molar-refractivity contribution >= 4 is 74.3 Å². The number of amides is 6. The van der Waals surface area contributed by atoms with E-state index >= 15 is 0 Å². The fourth-order valence-electron chi connectivity index (χ4n) is 10.4. The summed E-state index contributed by atoms with van der Waals surface area (Å²) in [4.78, 5) is 100. The Labute approximate surface area is 437 Å². The summed E-state index contributed by atoms with van der Waals surface area (Å²) in [7, 11) is -4.27. The molecule has 22 heteroatoms. The predicted octanol–water partition coefficient (Wildman–Crippen LogP) is 5.31. The molecule has 1 aliphatic heterocycles. The van der Waals surface area contributed by atoms with Gasteiger partial charge in [-0.05, 0) is 92.2 Å². The van der Waals surface area contributed by atoms with E-state index in [0.29, 0.717) is 68.6 Å². The maximum absolute atomic E-state index is 13.8. The number of ether oxygens (including phenoxy) is 1. The summed E-state index contributed by atoms with van der Waals surface area (Å²) in [5.74, 6) is -3.08. The summed E-state index contributed by atoms with van der Waals surface area (Å²) in [6.07, 6.45) is 8.23. The van der Waals surface area contributed by atoms with Crippen LogP contribution in [0, 0.1) is 23.7 Å². The van der Waals surface area contributed by atoms with Gasteiger partial charge < -0.3 is 36.3 Å². The number of rotatable bonds is 27. The van der Waals surface area contributed by atoms with Crippen LogP contribution in [0.5, 0.6) is 0 Å². The number of carbonyl (C=O) groups excluding carboxylic acids is 7. The minimum atomic E-state index is -4.27. The highest BCUT2D eigenvalue weighted by atomic mass is 32.2. The first-order valence-corrected chi connectivity index (χ1v) is 27.4. The van der Waals surface area contributed by atoms with Crippen LogP contribution in [0.1, 0.15) is 127 Å². The minimum Gasteiger partial charge on any atom is -0.462 e. The Morgan fingerprint density at radius 1 is 0.933 bits per heavy atom. The number of likely N-dealkylation sites (tertiary alicyclic amines) is 1. The van der Waals surface area contributed by atoms with Crippen molar-refractivity contribution in [3.05, 3.63) is 83.8 Å². The van der Waals surface area contributed by atoms with Crippen molar-refractivity contribution < 1.29 is 50.9 Å². The highest BCUT2D eigenvalue weighted by Gasteiger charge is 2.40. The molecule has 1 unspecified atom stereocenters. The van der Waals surface area contributed by atoms with E-state index in [4.69, 9.17) is 19.8 Å². The second-order valence-electron chi connectivity index (χ2n) is 20.4. The zero-order valence-corrected chi connectivity index (χ0v) is 43.6. The number of aromatic nitrogens is 3. The van der Waals surface area contributed by atoms with Gasteiger partial charge in [0.25, 0.3) is 0 Å². The number of carbonyl (C=O) groups is 7. The second-order valence-corrected chi connectivity index (χ2v) is 21.6. The molecule has 2 aromatic carbocycles. The fourth-order valence-corrected chi connectivity index (χ4v) is 10.8. The fraction of sp³-hybridized carbons (Fsp3) is 0.528. The number of benzene rings is 2. The van der Waals surface area contributed by atoms with Gasteiger partial charge in [0, 0.05) is 80.9 Å². The monoisotopic (exact) mass is 1050 g/mol. The van der Waals surface area contributed by atoms with Crippen LogP contribution in [0.25, 0.3) is 11.0 Å². The molecule has 21 nitrogen and oxygen atoms in total. The lowest BCUT2D eigenvalue weighted by molar-refractivity contribution is -0.151. The lowest BCUT2D eigenvalue weighted by Crippen LogP contribution is -2.45. The molecular formula is C53H70N10O11S. The molecule has 6 amide bonds. The number of anilines is 2. The molecular weight excluding hydrogens is 985 g/mol. The molecule has 0 bridgehead atoms. The number of primary amides is 1. The van der Waals surface area contributed by atoms with Crippen LogP contribution in [-0.4, -0.2) is 101 Å². The van der Waals surface area contributed by atoms with Crippen molar-refractivity contribution in [1.29, 1.82) is 0 Å². The van der Waals surface area contributed by atoms with Crippen molar-refractivity contribution in [2.45, 2.75) is 135 Å². The third-order valence-corrected chi connectivity index (χ3v) is 14.9. The summed E-state index contributed by atoms with van der Waals surface area (Å²) >= 11 is 0. The van der Waals surface area contributed by atoms with E-state index in [2.05, 4.69) is 43.4 Å². The van der Waals surface area contributed by atoms with E-state index in [0.717, 1.165) is 23.8 Å². The molecule has 75 heavy (non-hydrogen) atoms. The Hall–Kier alpha value is -6.78. The van der Waals surface area contributed by atoms with Gasteiger partial charge in [-0.25, -0.2) is 19.9 Å². The summed E-state index contributed by atoms with van der Waals surface area (Å²) < 4.78 is 36.8. The normalized spacial score (nSPS) is 20.2. The molecule has 4 aromatic rings. The van der Waals surface area contributed by atoms with E-state index in [1.54, 1.807) is 45.0 Å². The maximum atomic E-state index is 13.8. The Balaban J connectivity index is 0.911. The van der Waals surface area contributed by atoms with E-state index in [1.165, 1.54) is 22.4 Å². The van der Waals surface area contributed by atoms with Gasteiger partial charge in [-0.3, -0.25) is 37.9 Å². The zero-order valence-electron chi connectivity index (χ0n) is 42.8. The Kier molecular flexibility index (Phi) is 19.1. The molecule has 0 radical (unpaired) electrons. The Morgan fingerprint density at radius 2 is 1.71 bits per heavy atom. The lowest BCUT2D eigenvalue weighted by atomic mass is 9.89. The van der Waals surface area contributed by atoms with Gasteiger partial charge in [0.2, 0.25) is 23.6 Å². The first-order chi connectivity index (χ1) is 35.8. The van der Waals surface area contributed by atoms with Gasteiger partial charge in [-0.1, -0.05) is 63.6 Å². The number of imide groups is 1. The van der Waals surface area contributed by atoms with E-state index < -0.39 is 52.2 Å². The third-order valence-electron chi connectivity index (χ3n) is 14.5. The molecule has 0 spiro atoms. The number of urea groups is 1. The largest absolute Gasteiger partial charge is 0.462 e. The van der Waals surface area contributed by atoms with Gasteiger partial charge in [0.05, 0.1) is 24.1 Å². The summed E-state index contributed by atoms with van der Waals surface area (Å²) in [5.41, 5.74) is 9.71. The predicted molar refractivity (Wildman–Crippen MR) is 278 cm³/mol. The number of ketones is 1. The molecule has 3 heterocycles. The van der Waals surface area contributed by atoms with E-state index in [9.17, 15) is 42.0 Å². The summed E-state index contributed by atoms with van der Waals surface area (Å²) in [6.45, 7) is 5.58. The number of hydrogen-bond acceptors (Lipinski definition) is 14. The molecule has 7 atom stereocenters. The molecule has 1 saturated carbocycles. The quantitative estimate of drug-likeness (QED) is 0.0251. The van der Waals surface area contributed by atoms with E-state index in [-0.39, 0.29) is 92.7 Å². The summed E-state index contributed by atoms with van der Waals surface area (Å²) in [6, 6.07) is 15.5. The topological polar surface area (TPSA) is 306 Å². The van der Waals surface area contributed by atoms with Crippen LogP contribution in [0.4, 0.5) is 16.3 Å². The smallest absolute Gasteiger partial charge is 0.333 e. The van der Waals surface area contributed by atoms with Crippen molar-refractivity contribution in [2.75, 3.05) is 30.3 Å². The molecule has 2 fully saturated rings. The molecule has 2 aliphatic carbocycles. The minimum absolute atomic E-state index is 0.00812. The zero-order chi connectivity index (χ0) is 53.8. The number of hydrogen-bond donors (Lipinski definition) is 6. The number of aryl methyl sites for hydroxylation is 2. The number of esters is 1. The van der Waals surface area contributed by atoms with Crippen LogP contribution in [-0.2, 0) is 60.8 Å². The Morgan fingerprint density at radius 3 is 2.43 bits per heavy atom. The van der Waals surface area contributed by atoms with Gasteiger partial charge >= 0.3 is 22.3 Å². The SMILES string of the molecule is CC1CC(=O)N(CCCCCC(=O)N[C@@H](C(=O)C[C@H](CCCNC(N)=O)C(=O)Nc2ccc(CCC(=O)O[C@H]3C[C@H](n4ccc5c(N[C@H]6CCc7ccccc76)ncnc54)C[C@H]3COS(N)(=O)=O)cc2)C(C)C)C1=O.